The maximum Gasteiger partial charge on any atom is 0.260 e. The molecule has 0 atom stereocenters. The van der Waals surface area contributed by atoms with Gasteiger partial charge in [0.05, 0.1) is 19.4 Å². The van der Waals surface area contributed by atoms with Crippen LogP contribution < -0.4 is 0 Å². The van der Waals surface area contributed by atoms with E-state index in [9.17, 15) is 8.42 Å². The Kier molecular flexibility index (Phi) is 5.73. The summed E-state index contributed by atoms with van der Waals surface area (Å²) in [7, 11) is -3.66. The smallest absolute Gasteiger partial charge is 0.260 e. The van der Waals surface area contributed by atoms with E-state index < -0.39 is 10.0 Å². The van der Waals surface area contributed by atoms with E-state index in [4.69, 9.17) is 9.84 Å². The first-order chi connectivity index (χ1) is 8.57. The number of aliphatic hydroxyl groups excluding tert-OH is 1. The maximum atomic E-state index is 12.3. The second-order valence-corrected chi connectivity index (χ2v) is 5.45. The molecule has 0 radical (unpaired) electrons. The first-order valence-electron chi connectivity index (χ1n) is 5.78. The van der Waals surface area contributed by atoms with Crippen LogP contribution in [0.1, 0.15) is 19.4 Å². The number of H-pyrrole nitrogens is 1. The summed E-state index contributed by atoms with van der Waals surface area (Å²) >= 11 is 0. The van der Waals surface area contributed by atoms with E-state index in [1.165, 1.54) is 10.5 Å². The fourth-order valence-corrected chi connectivity index (χ4v) is 3.05. The molecule has 0 saturated heterocycles. The molecule has 0 amide bonds. The van der Waals surface area contributed by atoms with Crippen molar-refractivity contribution in [2.24, 2.45) is 0 Å². The number of sulfonamides is 1. The lowest BCUT2D eigenvalue weighted by Crippen LogP contribution is -2.34. The molecular formula is C10H19N3O4S. The van der Waals surface area contributed by atoms with Crippen molar-refractivity contribution < 1.29 is 18.3 Å². The van der Waals surface area contributed by atoms with Gasteiger partial charge in [0, 0.05) is 25.3 Å². The lowest BCUT2D eigenvalue weighted by molar-refractivity contribution is 0.135. The molecule has 1 aromatic rings. The van der Waals surface area contributed by atoms with Gasteiger partial charge in [-0.2, -0.15) is 9.40 Å². The SMILES string of the molecule is CCOCCN(CC)S(=O)(=O)c1[nH]ncc1CO. The number of nitrogens with one attached hydrogen (secondary N) is 1. The molecule has 0 spiro atoms. The van der Waals surface area contributed by atoms with Crippen molar-refractivity contribution in [3.63, 3.8) is 0 Å². The fraction of sp³-hybridized carbons (Fsp3) is 0.700. The van der Waals surface area contributed by atoms with E-state index in [-0.39, 0.29) is 23.7 Å². The van der Waals surface area contributed by atoms with Gasteiger partial charge < -0.3 is 9.84 Å². The van der Waals surface area contributed by atoms with E-state index in [2.05, 4.69) is 10.2 Å². The molecule has 0 bridgehead atoms. The molecule has 0 aromatic carbocycles. The molecule has 0 aliphatic rings. The zero-order valence-electron chi connectivity index (χ0n) is 10.6. The van der Waals surface area contributed by atoms with Crippen molar-refractivity contribution in [3.05, 3.63) is 11.8 Å². The molecule has 0 unspecified atom stereocenters. The minimum Gasteiger partial charge on any atom is -0.392 e. The molecule has 1 aromatic heterocycles. The van der Waals surface area contributed by atoms with Gasteiger partial charge in [0.1, 0.15) is 0 Å². The summed E-state index contributed by atoms with van der Waals surface area (Å²) < 4.78 is 31.0. The van der Waals surface area contributed by atoms with Gasteiger partial charge in [-0.05, 0) is 6.92 Å². The molecule has 2 N–H and O–H groups in total. The highest BCUT2D eigenvalue weighted by molar-refractivity contribution is 7.89. The fourth-order valence-electron chi connectivity index (χ4n) is 1.52. The van der Waals surface area contributed by atoms with Gasteiger partial charge in [-0.1, -0.05) is 6.92 Å². The topological polar surface area (TPSA) is 95.5 Å². The average Bonchev–Trinajstić information content (AvgIpc) is 2.83. The minimum absolute atomic E-state index is 0.0525. The van der Waals surface area contributed by atoms with Crippen LogP contribution in [-0.4, -0.2) is 54.3 Å². The van der Waals surface area contributed by atoms with Crippen molar-refractivity contribution in [2.75, 3.05) is 26.3 Å². The molecule has 0 aliphatic heterocycles. The number of rotatable bonds is 8. The molecule has 1 rings (SSSR count). The second-order valence-electron chi connectivity index (χ2n) is 3.58. The number of nitrogens with zero attached hydrogens (tertiary/aromatic N) is 2. The highest BCUT2D eigenvalue weighted by Gasteiger charge is 2.27. The van der Waals surface area contributed by atoms with Crippen molar-refractivity contribution >= 4 is 10.0 Å². The predicted molar refractivity (Wildman–Crippen MR) is 65.4 cm³/mol. The Hall–Kier alpha value is -0.960. The Morgan fingerprint density at radius 2 is 2.22 bits per heavy atom. The van der Waals surface area contributed by atoms with Gasteiger partial charge in [-0.3, -0.25) is 5.10 Å². The van der Waals surface area contributed by atoms with Crippen LogP contribution >= 0.6 is 0 Å². The molecule has 0 aliphatic carbocycles. The largest absolute Gasteiger partial charge is 0.392 e. The third-order valence-corrected chi connectivity index (χ3v) is 4.48. The molecule has 7 nitrogen and oxygen atoms in total. The number of aromatic nitrogens is 2. The van der Waals surface area contributed by atoms with E-state index in [1.54, 1.807) is 6.92 Å². The van der Waals surface area contributed by atoms with Gasteiger partial charge in [-0.25, -0.2) is 8.42 Å². The first kappa shape index (κ1) is 15.1. The van der Waals surface area contributed by atoms with E-state index in [1.807, 2.05) is 6.92 Å². The number of hydrogen-bond acceptors (Lipinski definition) is 5. The molecule has 0 saturated carbocycles. The lowest BCUT2D eigenvalue weighted by Gasteiger charge is -2.19. The van der Waals surface area contributed by atoms with Crippen molar-refractivity contribution in [1.29, 1.82) is 0 Å². The highest BCUT2D eigenvalue weighted by Crippen LogP contribution is 2.17. The van der Waals surface area contributed by atoms with Crippen LogP contribution in [0.3, 0.4) is 0 Å². The van der Waals surface area contributed by atoms with Gasteiger partial charge in [0.15, 0.2) is 5.03 Å². The normalized spacial score (nSPS) is 12.2. The summed E-state index contributed by atoms with van der Waals surface area (Å²) in [5.41, 5.74) is 0.268. The Bertz CT molecular complexity index is 457. The molecule has 0 fully saturated rings. The molecule has 104 valence electrons. The van der Waals surface area contributed by atoms with E-state index in [0.29, 0.717) is 19.8 Å². The molecule has 1 heterocycles. The summed E-state index contributed by atoms with van der Waals surface area (Å²) in [5, 5.41) is 15.1. The van der Waals surface area contributed by atoms with E-state index in [0.717, 1.165) is 0 Å². The summed E-state index contributed by atoms with van der Waals surface area (Å²) in [5.74, 6) is 0. The Morgan fingerprint density at radius 3 is 2.78 bits per heavy atom. The quantitative estimate of drug-likeness (QED) is 0.649. The maximum absolute atomic E-state index is 12.3. The summed E-state index contributed by atoms with van der Waals surface area (Å²) in [6, 6.07) is 0. The van der Waals surface area contributed by atoms with Crippen LogP contribution in [0, 0.1) is 0 Å². The summed E-state index contributed by atoms with van der Waals surface area (Å²) in [6.07, 6.45) is 1.31. The Balaban J connectivity index is 2.89. The standard InChI is InChI=1S/C10H19N3O4S/c1-3-13(5-6-17-4-2)18(15,16)10-9(8-14)7-11-12-10/h7,14H,3-6,8H2,1-2H3,(H,11,12). The zero-order valence-corrected chi connectivity index (χ0v) is 11.4. The monoisotopic (exact) mass is 277 g/mol. The van der Waals surface area contributed by atoms with E-state index >= 15 is 0 Å². The molecule has 18 heavy (non-hydrogen) atoms. The molecular weight excluding hydrogens is 258 g/mol. The average molecular weight is 277 g/mol. The van der Waals surface area contributed by atoms with Crippen LogP contribution in [0.2, 0.25) is 0 Å². The summed E-state index contributed by atoms with van der Waals surface area (Å²) in [4.78, 5) is 0. The predicted octanol–water partition coefficient (Wildman–Crippen LogP) is -0.0509. The van der Waals surface area contributed by atoms with Crippen molar-refractivity contribution in [2.45, 2.75) is 25.5 Å². The number of aliphatic hydroxyl groups is 1. The second kappa shape index (κ2) is 6.83. The van der Waals surface area contributed by atoms with Crippen LogP contribution in [-0.2, 0) is 21.4 Å². The Labute approximate surface area is 107 Å². The Morgan fingerprint density at radius 1 is 1.50 bits per heavy atom. The first-order valence-corrected chi connectivity index (χ1v) is 7.22. The summed E-state index contributed by atoms with van der Waals surface area (Å²) in [6.45, 7) is 4.72. The van der Waals surface area contributed by atoms with Crippen LogP contribution in [0.5, 0.6) is 0 Å². The van der Waals surface area contributed by atoms with Crippen molar-refractivity contribution in [3.8, 4) is 0 Å². The molecule has 8 heteroatoms. The number of likely N-dealkylation sites (N-methyl/N-ethyl adjacent to an activating group) is 1. The number of hydrogen-bond donors (Lipinski definition) is 2. The highest BCUT2D eigenvalue weighted by atomic mass is 32.2. The van der Waals surface area contributed by atoms with Crippen LogP contribution in [0.15, 0.2) is 11.2 Å². The minimum atomic E-state index is -3.66. The third kappa shape index (κ3) is 3.29. The van der Waals surface area contributed by atoms with Crippen molar-refractivity contribution in [1.82, 2.24) is 14.5 Å². The van der Waals surface area contributed by atoms with Crippen LogP contribution in [0.4, 0.5) is 0 Å². The van der Waals surface area contributed by atoms with Gasteiger partial charge >= 0.3 is 0 Å². The zero-order chi connectivity index (χ0) is 13.6. The van der Waals surface area contributed by atoms with Gasteiger partial charge in [0.25, 0.3) is 10.0 Å². The number of aromatic amines is 1. The van der Waals surface area contributed by atoms with Gasteiger partial charge in [0.2, 0.25) is 0 Å². The van der Waals surface area contributed by atoms with Gasteiger partial charge in [-0.15, -0.1) is 0 Å². The van der Waals surface area contributed by atoms with Crippen LogP contribution in [0.25, 0.3) is 0 Å². The number of ether oxygens (including phenoxy) is 1. The third-order valence-electron chi connectivity index (χ3n) is 2.49. The lowest BCUT2D eigenvalue weighted by atomic mass is 10.4.